The molecule has 192 valence electrons. The number of piperidine rings is 1. The number of nitrogens with one attached hydrogen (secondary N) is 1. The lowest BCUT2D eigenvalue weighted by Gasteiger charge is -2.23. The molecule has 1 saturated heterocycles. The Morgan fingerprint density at radius 3 is 2.76 bits per heavy atom. The highest BCUT2D eigenvalue weighted by Crippen LogP contribution is 2.33. The van der Waals surface area contributed by atoms with Crippen molar-refractivity contribution in [1.82, 2.24) is 34.9 Å². The highest BCUT2D eigenvalue weighted by Gasteiger charge is 2.23. The van der Waals surface area contributed by atoms with Gasteiger partial charge < -0.3 is 14.8 Å². The van der Waals surface area contributed by atoms with E-state index in [4.69, 9.17) is 9.47 Å². The lowest BCUT2D eigenvalue weighted by molar-refractivity contribution is -0.0210. The fourth-order valence-electron chi connectivity index (χ4n) is 4.68. The van der Waals surface area contributed by atoms with Crippen LogP contribution in [0.25, 0.3) is 16.8 Å². The molecule has 1 atom stereocenters. The maximum absolute atomic E-state index is 13.5. The summed E-state index contributed by atoms with van der Waals surface area (Å²) in [5, 5.41) is 26.4. The zero-order chi connectivity index (χ0) is 25.9. The van der Waals surface area contributed by atoms with Crippen molar-refractivity contribution >= 4 is 5.52 Å². The van der Waals surface area contributed by atoms with Crippen LogP contribution < -0.4 is 10.1 Å². The van der Waals surface area contributed by atoms with Crippen LogP contribution in [0, 0.1) is 24.1 Å². The van der Waals surface area contributed by atoms with Gasteiger partial charge >= 0.3 is 0 Å². The molecule has 0 bridgehead atoms. The number of halogens is 1. The predicted molar refractivity (Wildman–Crippen MR) is 133 cm³/mol. The maximum Gasteiger partial charge on any atom is 0.147 e. The molecule has 5 rings (SSSR count). The second-order valence-corrected chi connectivity index (χ2v) is 9.39. The summed E-state index contributed by atoms with van der Waals surface area (Å²) in [4.78, 5) is 4.18. The first-order valence-corrected chi connectivity index (χ1v) is 12.4. The lowest BCUT2D eigenvalue weighted by atomic mass is 10.1. The summed E-state index contributed by atoms with van der Waals surface area (Å²) in [6.45, 7) is 7.85. The minimum absolute atomic E-state index is 0.104. The van der Waals surface area contributed by atoms with Gasteiger partial charge in [0.05, 0.1) is 35.9 Å². The number of hydrogen-bond donors (Lipinski definition) is 1. The van der Waals surface area contributed by atoms with Crippen LogP contribution in [-0.2, 0) is 4.74 Å². The predicted octanol–water partition coefficient (Wildman–Crippen LogP) is 3.78. The molecule has 5 heterocycles. The van der Waals surface area contributed by atoms with Crippen LogP contribution in [0.4, 0.5) is 4.39 Å². The summed E-state index contributed by atoms with van der Waals surface area (Å²) >= 11 is 0. The molecule has 4 aromatic rings. The van der Waals surface area contributed by atoms with Gasteiger partial charge in [0.1, 0.15) is 47.1 Å². The van der Waals surface area contributed by atoms with E-state index in [1.165, 1.54) is 12.3 Å². The molecule has 1 N–H and O–H groups in total. The number of hydrogen-bond acceptors (Lipinski definition) is 8. The number of pyridine rings is 2. The molecular formula is C26H29FN8O2. The number of nitrogens with zero attached hydrogens (tertiary/aromatic N) is 7. The van der Waals surface area contributed by atoms with Gasteiger partial charge in [0.15, 0.2) is 0 Å². The van der Waals surface area contributed by atoms with Crippen LogP contribution in [0.5, 0.6) is 5.75 Å². The standard InChI is InChI=1S/C26H29FN8O2/c1-16(2)37-24(22-5-4-20(27)13-30-22)15-36-23-10-18(14-34-26(23)19(11-28)12-31-34)25-17(3)35(33-32-25)21-6-8-29-9-7-21/h4-5,10,12-14,16,21,24,29H,6-9,15H2,1-3H3. The molecule has 1 fully saturated rings. The van der Waals surface area contributed by atoms with Crippen molar-refractivity contribution < 1.29 is 13.9 Å². The summed E-state index contributed by atoms with van der Waals surface area (Å²) in [7, 11) is 0. The van der Waals surface area contributed by atoms with Crippen molar-refractivity contribution in [2.24, 2.45) is 0 Å². The van der Waals surface area contributed by atoms with E-state index >= 15 is 0 Å². The Morgan fingerprint density at radius 1 is 1.24 bits per heavy atom. The Hall–Kier alpha value is -3.88. The van der Waals surface area contributed by atoms with Gasteiger partial charge in [-0.3, -0.25) is 4.98 Å². The minimum Gasteiger partial charge on any atom is -0.488 e. The summed E-state index contributed by atoms with van der Waals surface area (Å²) in [6, 6.07) is 7.26. The van der Waals surface area contributed by atoms with Crippen LogP contribution in [0.1, 0.15) is 55.8 Å². The third-order valence-corrected chi connectivity index (χ3v) is 6.46. The summed E-state index contributed by atoms with van der Waals surface area (Å²) in [5.41, 5.74) is 3.95. The van der Waals surface area contributed by atoms with Crippen LogP contribution in [0.3, 0.4) is 0 Å². The first kappa shape index (κ1) is 24.8. The van der Waals surface area contributed by atoms with Crippen molar-refractivity contribution in [1.29, 1.82) is 5.26 Å². The molecule has 0 aliphatic carbocycles. The molecule has 10 nitrogen and oxygen atoms in total. The van der Waals surface area contributed by atoms with E-state index in [0.717, 1.165) is 49.1 Å². The van der Waals surface area contributed by atoms with Crippen LogP contribution in [0.2, 0.25) is 0 Å². The topological polar surface area (TPSA) is 115 Å². The summed E-state index contributed by atoms with van der Waals surface area (Å²) < 4.78 is 29.4. The number of fused-ring (bicyclic) bond motifs is 1. The highest BCUT2D eigenvalue weighted by molar-refractivity contribution is 5.74. The van der Waals surface area contributed by atoms with E-state index in [-0.39, 0.29) is 12.7 Å². The molecule has 1 aliphatic heterocycles. The van der Waals surface area contributed by atoms with Crippen LogP contribution >= 0.6 is 0 Å². The molecule has 4 aromatic heterocycles. The Morgan fingerprint density at radius 2 is 2.05 bits per heavy atom. The monoisotopic (exact) mass is 504 g/mol. The van der Waals surface area contributed by atoms with Gasteiger partial charge in [0.25, 0.3) is 0 Å². The third-order valence-electron chi connectivity index (χ3n) is 6.46. The molecule has 0 spiro atoms. The van der Waals surface area contributed by atoms with E-state index < -0.39 is 11.9 Å². The second kappa shape index (κ2) is 10.6. The Kier molecular flexibility index (Phi) is 7.12. The molecule has 0 amide bonds. The average Bonchev–Trinajstić information content (AvgIpc) is 3.50. The number of aromatic nitrogens is 6. The zero-order valence-corrected chi connectivity index (χ0v) is 21.1. The smallest absolute Gasteiger partial charge is 0.147 e. The molecule has 1 unspecified atom stereocenters. The molecule has 11 heteroatoms. The van der Waals surface area contributed by atoms with Gasteiger partial charge in [-0.15, -0.1) is 5.10 Å². The fraction of sp³-hybridized carbons (Fsp3) is 0.423. The van der Waals surface area contributed by atoms with Gasteiger partial charge in [-0.2, -0.15) is 10.4 Å². The normalized spacial score (nSPS) is 15.2. The van der Waals surface area contributed by atoms with Gasteiger partial charge in [-0.1, -0.05) is 5.21 Å². The van der Waals surface area contributed by atoms with Crippen molar-refractivity contribution in [3.8, 4) is 23.1 Å². The first-order chi connectivity index (χ1) is 17.9. The Bertz CT molecular complexity index is 1420. The number of ether oxygens (including phenoxy) is 2. The van der Waals surface area contributed by atoms with E-state index in [1.54, 1.807) is 10.6 Å². The van der Waals surface area contributed by atoms with E-state index in [1.807, 2.05) is 37.7 Å². The number of rotatable bonds is 8. The second-order valence-electron chi connectivity index (χ2n) is 9.39. The van der Waals surface area contributed by atoms with Gasteiger partial charge in [0, 0.05) is 11.8 Å². The van der Waals surface area contributed by atoms with E-state index in [2.05, 4.69) is 31.8 Å². The van der Waals surface area contributed by atoms with Crippen molar-refractivity contribution in [3.05, 3.63) is 59.6 Å². The highest BCUT2D eigenvalue weighted by atomic mass is 19.1. The summed E-state index contributed by atoms with van der Waals surface area (Å²) in [5.74, 6) is 0.0371. The van der Waals surface area contributed by atoms with E-state index in [9.17, 15) is 9.65 Å². The van der Waals surface area contributed by atoms with Crippen LogP contribution in [-0.4, -0.2) is 55.4 Å². The molecule has 0 saturated carbocycles. The van der Waals surface area contributed by atoms with Crippen molar-refractivity contribution in [3.63, 3.8) is 0 Å². The number of nitriles is 1. The SMILES string of the molecule is Cc1c(-c2cc(OCC(OC(C)C)c3ccc(F)cn3)c3c(C#N)cnn3c2)nnn1C1CCNCC1. The molecule has 37 heavy (non-hydrogen) atoms. The maximum atomic E-state index is 13.5. The van der Waals surface area contributed by atoms with Gasteiger partial charge in [-0.05, 0) is 64.9 Å². The van der Waals surface area contributed by atoms with Crippen molar-refractivity contribution in [2.75, 3.05) is 19.7 Å². The quantitative estimate of drug-likeness (QED) is 0.386. The van der Waals surface area contributed by atoms with Gasteiger partial charge in [0.2, 0.25) is 0 Å². The summed E-state index contributed by atoms with van der Waals surface area (Å²) in [6.07, 6.45) is 5.84. The van der Waals surface area contributed by atoms with Crippen molar-refractivity contribution in [2.45, 2.75) is 51.9 Å². The van der Waals surface area contributed by atoms with E-state index in [0.29, 0.717) is 28.6 Å². The van der Waals surface area contributed by atoms with Gasteiger partial charge in [-0.25, -0.2) is 13.6 Å². The Labute approximate surface area is 214 Å². The molecular weight excluding hydrogens is 475 g/mol. The fourth-order valence-corrected chi connectivity index (χ4v) is 4.68. The molecule has 0 aromatic carbocycles. The average molecular weight is 505 g/mol. The minimum atomic E-state index is -0.541. The largest absolute Gasteiger partial charge is 0.488 e. The third kappa shape index (κ3) is 5.16. The first-order valence-electron chi connectivity index (χ1n) is 12.4. The lowest BCUT2D eigenvalue weighted by Crippen LogP contribution is -2.30. The zero-order valence-electron chi connectivity index (χ0n) is 21.1. The Balaban J connectivity index is 1.50. The van der Waals surface area contributed by atoms with Crippen LogP contribution in [0.15, 0.2) is 36.8 Å². The molecule has 1 aliphatic rings. The molecule has 0 radical (unpaired) electrons.